The van der Waals surface area contributed by atoms with Crippen molar-refractivity contribution in [2.24, 2.45) is 4.99 Å². The lowest BCUT2D eigenvalue weighted by atomic mass is 10.2. The summed E-state index contributed by atoms with van der Waals surface area (Å²) >= 11 is 1.71. The van der Waals surface area contributed by atoms with Crippen LogP contribution in [-0.4, -0.2) is 24.5 Å². The maximum atomic E-state index is 4.20. The predicted octanol–water partition coefficient (Wildman–Crippen LogP) is 2.67. The molecular formula is C14H19IN4S. The Morgan fingerprint density at radius 1 is 1.30 bits per heavy atom. The van der Waals surface area contributed by atoms with E-state index in [1.54, 1.807) is 24.6 Å². The van der Waals surface area contributed by atoms with Gasteiger partial charge in [0.1, 0.15) is 0 Å². The molecule has 0 aliphatic carbocycles. The Labute approximate surface area is 140 Å². The van der Waals surface area contributed by atoms with Crippen LogP contribution in [0.15, 0.2) is 46.3 Å². The number of hydrogen-bond acceptors (Lipinski definition) is 3. The van der Waals surface area contributed by atoms with E-state index in [-0.39, 0.29) is 24.0 Å². The number of nitrogens with one attached hydrogen (secondary N) is 2. The highest BCUT2D eigenvalue weighted by molar-refractivity contribution is 14.0. The zero-order valence-electron chi connectivity index (χ0n) is 11.4. The number of aliphatic imine (C=N–C) groups is 1. The average Bonchev–Trinajstić information content (AvgIpc) is 2.97. The fraction of sp³-hybridized carbons (Fsp3) is 0.286. The monoisotopic (exact) mass is 402 g/mol. The zero-order chi connectivity index (χ0) is 13.3. The molecule has 2 aromatic rings. The molecule has 0 saturated heterocycles. The van der Waals surface area contributed by atoms with Gasteiger partial charge in [-0.15, -0.1) is 24.0 Å². The Morgan fingerprint density at radius 2 is 2.20 bits per heavy atom. The molecule has 0 aliphatic heterocycles. The van der Waals surface area contributed by atoms with Gasteiger partial charge in [0.25, 0.3) is 0 Å². The molecule has 0 spiro atoms. The molecule has 0 saturated carbocycles. The molecule has 2 rings (SSSR count). The van der Waals surface area contributed by atoms with Crippen LogP contribution in [0.4, 0.5) is 0 Å². The Hall–Kier alpha value is -1.15. The van der Waals surface area contributed by atoms with E-state index < -0.39 is 0 Å². The second-order valence-corrected chi connectivity index (χ2v) is 4.88. The standard InChI is InChI=1S/C14H18N4S.HI/c1-15-14(18-10-13-5-8-19-11-13)17-7-4-12-3-2-6-16-9-12;/h2-3,5-6,8-9,11H,4,7,10H2,1H3,(H2,15,17,18);1H. The number of rotatable bonds is 5. The molecule has 0 fully saturated rings. The van der Waals surface area contributed by atoms with E-state index >= 15 is 0 Å². The molecule has 20 heavy (non-hydrogen) atoms. The van der Waals surface area contributed by atoms with Gasteiger partial charge in [-0.1, -0.05) is 6.07 Å². The third kappa shape index (κ3) is 5.87. The minimum absolute atomic E-state index is 0. The summed E-state index contributed by atoms with van der Waals surface area (Å²) in [6.45, 7) is 1.64. The molecule has 6 heteroatoms. The van der Waals surface area contributed by atoms with Gasteiger partial charge in [-0.3, -0.25) is 9.98 Å². The average molecular weight is 402 g/mol. The lowest BCUT2D eigenvalue weighted by Gasteiger charge is -2.11. The van der Waals surface area contributed by atoms with E-state index in [9.17, 15) is 0 Å². The van der Waals surface area contributed by atoms with Crippen LogP contribution in [0.3, 0.4) is 0 Å². The summed E-state index contributed by atoms with van der Waals surface area (Å²) in [6.07, 6.45) is 4.62. The number of aromatic nitrogens is 1. The van der Waals surface area contributed by atoms with E-state index in [0.717, 1.165) is 25.5 Å². The van der Waals surface area contributed by atoms with Gasteiger partial charge in [0.05, 0.1) is 0 Å². The Balaban J connectivity index is 0.00000200. The van der Waals surface area contributed by atoms with E-state index in [1.807, 2.05) is 12.3 Å². The third-order valence-electron chi connectivity index (χ3n) is 2.69. The van der Waals surface area contributed by atoms with Crippen LogP contribution in [0, 0.1) is 0 Å². The van der Waals surface area contributed by atoms with Gasteiger partial charge in [-0.05, 0) is 40.4 Å². The molecule has 0 bridgehead atoms. The minimum Gasteiger partial charge on any atom is -0.356 e. The van der Waals surface area contributed by atoms with Crippen molar-refractivity contribution in [1.82, 2.24) is 15.6 Å². The number of halogens is 1. The van der Waals surface area contributed by atoms with Gasteiger partial charge in [0, 0.05) is 32.5 Å². The van der Waals surface area contributed by atoms with Gasteiger partial charge in [-0.2, -0.15) is 11.3 Å². The summed E-state index contributed by atoms with van der Waals surface area (Å²) in [6, 6.07) is 6.15. The van der Waals surface area contributed by atoms with E-state index in [2.05, 4.69) is 43.5 Å². The Kier molecular flexibility index (Phi) is 8.20. The van der Waals surface area contributed by atoms with E-state index in [1.165, 1.54) is 11.1 Å². The van der Waals surface area contributed by atoms with Crippen molar-refractivity contribution in [2.75, 3.05) is 13.6 Å². The van der Waals surface area contributed by atoms with E-state index in [4.69, 9.17) is 0 Å². The smallest absolute Gasteiger partial charge is 0.191 e. The quantitative estimate of drug-likeness (QED) is 0.460. The van der Waals surface area contributed by atoms with Crippen molar-refractivity contribution >= 4 is 41.3 Å². The fourth-order valence-corrected chi connectivity index (χ4v) is 2.34. The van der Waals surface area contributed by atoms with Crippen molar-refractivity contribution in [1.29, 1.82) is 0 Å². The molecule has 0 radical (unpaired) electrons. The van der Waals surface area contributed by atoms with Crippen LogP contribution in [-0.2, 0) is 13.0 Å². The summed E-state index contributed by atoms with van der Waals surface area (Å²) in [4.78, 5) is 8.30. The van der Waals surface area contributed by atoms with Crippen LogP contribution in [0.1, 0.15) is 11.1 Å². The first-order valence-corrected chi connectivity index (χ1v) is 7.17. The number of guanidine groups is 1. The lowest BCUT2D eigenvalue weighted by molar-refractivity contribution is 0.794. The predicted molar refractivity (Wildman–Crippen MR) is 95.9 cm³/mol. The third-order valence-corrected chi connectivity index (χ3v) is 3.42. The van der Waals surface area contributed by atoms with Crippen LogP contribution < -0.4 is 10.6 Å². The maximum Gasteiger partial charge on any atom is 0.191 e. The van der Waals surface area contributed by atoms with Crippen molar-refractivity contribution in [3.63, 3.8) is 0 Å². The number of hydrogen-bond donors (Lipinski definition) is 2. The molecule has 0 aromatic carbocycles. The first-order valence-electron chi connectivity index (χ1n) is 6.23. The summed E-state index contributed by atoms with van der Waals surface area (Å²) in [5, 5.41) is 10.8. The van der Waals surface area contributed by atoms with Gasteiger partial charge >= 0.3 is 0 Å². The highest BCUT2D eigenvalue weighted by Crippen LogP contribution is 2.04. The summed E-state index contributed by atoms with van der Waals surface area (Å²) in [5.74, 6) is 0.829. The second kappa shape index (κ2) is 9.71. The minimum atomic E-state index is 0. The first-order chi connectivity index (χ1) is 9.38. The molecule has 4 nitrogen and oxygen atoms in total. The Morgan fingerprint density at radius 3 is 2.85 bits per heavy atom. The van der Waals surface area contributed by atoms with Crippen LogP contribution in [0.25, 0.3) is 0 Å². The lowest BCUT2D eigenvalue weighted by Crippen LogP contribution is -2.37. The van der Waals surface area contributed by atoms with Crippen molar-refractivity contribution < 1.29 is 0 Å². The normalized spacial score (nSPS) is 10.8. The molecule has 0 aliphatic rings. The maximum absolute atomic E-state index is 4.20. The zero-order valence-corrected chi connectivity index (χ0v) is 14.5. The van der Waals surface area contributed by atoms with Gasteiger partial charge in [0.2, 0.25) is 0 Å². The molecule has 2 heterocycles. The highest BCUT2D eigenvalue weighted by Gasteiger charge is 1.98. The first kappa shape index (κ1) is 16.9. The SMILES string of the molecule is CN=C(NCCc1cccnc1)NCc1ccsc1.I. The molecule has 0 unspecified atom stereocenters. The molecule has 0 atom stereocenters. The summed E-state index contributed by atoms with van der Waals surface area (Å²) < 4.78 is 0. The van der Waals surface area contributed by atoms with Crippen LogP contribution >= 0.6 is 35.3 Å². The molecule has 2 N–H and O–H groups in total. The van der Waals surface area contributed by atoms with Gasteiger partial charge in [-0.25, -0.2) is 0 Å². The summed E-state index contributed by atoms with van der Waals surface area (Å²) in [7, 11) is 1.78. The molecule has 0 amide bonds. The molecule has 108 valence electrons. The molecular weight excluding hydrogens is 383 g/mol. The largest absolute Gasteiger partial charge is 0.356 e. The van der Waals surface area contributed by atoms with Gasteiger partial charge in [0.15, 0.2) is 5.96 Å². The van der Waals surface area contributed by atoms with Crippen molar-refractivity contribution in [2.45, 2.75) is 13.0 Å². The fourth-order valence-electron chi connectivity index (χ4n) is 1.67. The number of nitrogens with zero attached hydrogens (tertiary/aromatic N) is 2. The highest BCUT2D eigenvalue weighted by atomic mass is 127. The van der Waals surface area contributed by atoms with E-state index in [0.29, 0.717) is 0 Å². The van der Waals surface area contributed by atoms with Crippen molar-refractivity contribution in [3.8, 4) is 0 Å². The second-order valence-electron chi connectivity index (χ2n) is 4.10. The number of thiophene rings is 1. The van der Waals surface area contributed by atoms with Crippen molar-refractivity contribution in [3.05, 3.63) is 52.5 Å². The van der Waals surface area contributed by atoms with Gasteiger partial charge < -0.3 is 10.6 Å². The van der Waals surface area contributed by atoms with Crippen LogP contribution in [0.2, 0.25) is 0 Å². The Bertz CT molecular complexity index is 499. The number of pyridine rings is 1. The topological polar surface area (TPSA) is 49.3 Å². The molecule has 2 aromatic heterocycles. The van der Waals surface area contributed by atoms with Crippen LogP contribution in [0.5, 0.6) is 0 Å². The summed E-state index contributed by atoms with van der Waals surface area (Å²) in [5.41, 5.74) is 2.50.